The van der Waals surface area contributed by atoms with Crippen molar-refractivity contribution in [1.29, 1.82) is 0 Å². The van der Waals surface area contributed by atoms with E-state index in [1.807, 2.05) is 12.1 Å². The maximum Gasteiger partial charge on any atom is 0.293 e. The van der Waals surface area contributed by atoms with Gasteiger partial charge in [0.15, 0.2) is 0 Å². The first-order valence-corrected chi connectivity index (χ1v) is 5.87. The zero-order valence-corrected chi connectivity index (χ0v) is 10.1. The smallest absolute Gasteiger partial charge is 0.293 e. The standard InChI is InChI=1S/C14H12FN3O/c15-11-7-5-10(6-8-11)9-17-13-4-2-1-3-12(13)14(19)18(17)16/h1-8H,9,16H2. The molecule has 96 valence electrons. The molecule has 0 amide bonds. The normalized spacial score (nSPS) is 11.0. The molecule has 0 bridgehead atoms. The van der Waals surface area contributed by atoms with Crippen molar-refractivity contribution in [2.24, 2.45) is 0 Å². The minimum absolute atomic E-state index is 0.238. The zero-order chi connectivity index (χ0) is 13.4. The molecule has 2 N–H and O–H groups in total. The molecule has 0 spiro atoms. The number of fused-ring (bicyclic) bond motifs is 1. The molecule has 5 heteroatoms. The van der Waals surface area contributed by atoms with E-state index in [-0.39, 0.29) is 11.4 Å². The van der Waals surface area contributed by atoms with Crippen LogP contribution in [0.4, 0.5) is 4.39 Å². The average Bonchev–Trinajstić information content (AvgIpc) is 2.67. The number of para-hydroxylation sites is 1. The first-order valence-electron chi connectivity index (χ1n) is 5.87. The Morgan fingerprint density at radius 3 is 2.47 bits per heavy atom. The largest absolute Gasteiger partial charge is 0.321 e. The van der Waals surface area contributed by atoms with Crippen LogP contribution in [0.25, 0.3) is 10.9 Å². The van der Waals surface area contributed by atoms with Crippen molar-refractivity contribution in [1.82, 2.24) is 9.47 Å². The van der Waals surface area contributed by atoms with Gasteiger partial charge < -0.3 is 5.84 Å². The van der Waals surface area contributed by atoms with Crippen LogP contribution in [0.5, 0.6) is 0 Å². The summed E-state index contributed by atoms with van der Waals surface area (Å²) in [5.41, 5.74) is 1.40. The molecule has 1 aromatic heterocycles. The summed E-state index contributed by atoms with van der Waals surface area (Å²) in [6, 6.07) is 13.4. The highest BCUT2D eigenvalue weighted by molar-refractivity contribution is 5.78. The van der Waals surface area contributed by atoms with Gasteiger partial charge in [0.05, 0.1) is 17.4 Å². The molecular weight excluding hydrogens is 245 g/mol. The summed E-state index contributed by atoms with van der Waals surface area (Å²) in [7, 11) is 0. The molecule has 2 aromatic carbocycles. The van der Waals surface area contributed by atoms with Gasteiger partial charge in [0.1, 0.15) is 5.82 Å². The number of nitrogens with zero attached hydrogens (tertiary/aromatic N) is 2. The van der Waals surface area contributed by atoms with E-state index in [0.29, 0.717) is 11.9 Å². The highest BCUT2D eigenvalue weighted by atomic mass is 19.1. The summed E-state index contributed by atoms with van der Waals surface area (Å²) >= 11 is 0. The Hall–Kier alpha value is -2.56. The fraction of sp³-hybridized carbons (Fsp3) is 0.0714. The van der Waals surface area contributed by atoms with Crippen molar-refractivity contribution in [3.05, 3.63) is 70.3 Å². The second-order valence-electron chi connectivity index (χ2n) is 4.35. The maximum absolute atomic E-state index is 12.9. The maximum atomic E-state index is 12.9. The van der Waals surface area contributed by atoms with Crippen molar-refractivity contribution < 1.29 is 4.39 Å². The van der Waals surface area contributed by atoms with Gasteiger partial charge in [-0.3, -0.25) is 9.48 Å². The third-order valence-electron chi connectivity index (χ3n) is 3.13. The Balaban J connectivity index is 2.13. The predicted octanol–water partition coefficient (Wildman–Crippen LogP) is 1.70. The van der Waals surface area contributed by atoms with Crippen molar-refractivity contribution in [2.75, 3.05) is 5.84 Å². The van der Waals surface area contributed by atoms with E-state index >= 15 is 0 Å². The summed E-state index contributed by atoms with van der Waals surface area (Å²) in [6.45, 7) is 0.416. The lowest BCUT2D eigenvalue weighted by atomic mass is 10.2. The minimum atomic E-state index is -0.286. The second-order valence-corrected chi connectivity index (χ2v) is 4.35. The summed E-state index contributed by atoms with van der Waals surface area (Å²) in [5.74, 6) is 5.50. The van der Waals surface area contributed by atoms with Gasteiger partial charge in [-0.05, 0) is 29.8 Å². The van der Waals surface area contributed by atoms with E-state index in [4.69, 9.17) is 5.84 Å². The number of nitrogen functional groups attached to an aromatic ring is 1. The lowest BCUT2D eigenvalue weighted by Crippen LogP contribution is -2.30. The van der Waals surface area contributed by atoms with Crippen LogP contribution in [0.2, 0.25) is 0 Å². The average molecular weight is 257 g/mol. The SMILES string of the molecule is Nn1c(=O)c2ccccc2n1Cc1ccc(F)cc1. The van der Waals surface area contributed by atoms with Crippen LogP contribution in [-0.2, 0) is 6.54 Å². The molecule has 0 aliphatic rings. The van der Waals surface area contributed by atoms with E-state index in [2.05, 4.69) is 0 Å². The fourth-order valence-corrected chi connectivity index (χ4v) is 2.15. The molecule has 19 heavy (non-hydrogen) atoms. The predicted molar refractivity (Wildman–Crippen MR) is 71.9 cm³/mol. The first-order chi connectivity index (χ1) is 9.16. The Bertz CT molecular complexity index is 787. The van der Waals surface area contributed by atoms with Crippen LogP contribution in [-0.4, -0.2) is 9.47 Å². The van der Waals surface area contributed by atoms with Gasteiger partial charge in [-0.15, -0.1) is 0 Å². The molecule has 0 saturated carbocycles. The quantitative estimate of drug-likeness (QED) is 0.710. The number of rotatable bonds is 2. The van der Waals surface area contributed by atoms with Crippen LogP contribution in [0.15, 0.2) is 53.3 Å². The summed E-state index contributed by atoms with van der Waals surface area (Å²) in [5, 5.41) is 0.576. The van der Waals surface area contributed by atoms with E-state index in [1.54, 1.807) is 28.9 Å². The van der Waals surface area contributed by atoms with Crippen LogP contribution < -0.4 is 11.4 Å². The minimum Gasteiger partial charge on any atom is -0.321 e. The van der Waals surface area contributed by atoms with E-state index < -0.39 is 0 Å². The number of halogens is 1. The Morgan fingerprint density at radius 2 is 1.74 bits per heavy atom. The van der Waals surface area contributed by atoms with Gasteiger partial charge in [0, 0.05) is 0 Å². The zero-order valence-electron chi connectivity index (χ0n) is 10.1. The molecule has 0 aliphatic carbocycles. The Kier molecular flexibility index (Phi) is 2.59. The molecule has 0 radical (unpaired) electrons. The molecule has 3 rings (SSSR count). The van der Waals surface area contributed by atoms with Crippen LogP contribution in [0, 0.1) is 5.82 Å². The molecule has 0 atom stereocenters. The van der Waals surface area contributed by atoms with E-state index in [0.717, 1.165) is 15.9 Å². The van der Waals surface area contributed by atoms with Crippen molar-refractivity contribution >= 4 is 10.9 Å². The molecule has 1 heterocycles. The van der Waals surface area contributed by atoms with Crippen molar-refractivity contribution in [3.63, 3.8) is 0 Å². The first kappa shape index (κ1) is 11.5. The summed E-state index contributed by atoms with van der Waals surface area (Å²) < 4.78 is 14.5. The fourth-order valence-electron chi connectivity index (χ4n) is 2.15. The van der Waals surface area contributed by atoms with Crippen LogP contribution >= 0.6 is 0 Å². The summed E-state index contributed by atoms with van der Waals surface area (Å²) in [4.78, 5) is 13.0. The lowest BCUT2D eigenvalue weighted by molar-refractivity contribution is 0.583. The highest BCUT2D eigenvalue weighted by Crippen LogP contribution is 2.12. The Labute approximate surface area is 108 Å². The number of aromatic nitrogens is 2. The second kappa shape index (κ2) is 4.28. The third kappa shape index (κ3) is 1.89. The number of hydrogen-bond acceptors (Lipinski definition) is 2. The van der Waals surface area contributed by atoms with Crippen LogP contribution in [0.1, 0.15) is 5.56 Å². The third-order valence-corrected chi connectivity index (χ3v) is 3.13. The molecule has 4 nitrogen and oxygen atoms in total. The van der Waals surface area contributed by atoms with Gasteiger partial charge in [-0.1, -0.05) is 24.3 Å². The van der Waals surface area contributed by atoms with Gasteiger partial charge in [0.25, 0.3) is 5.56 Å². The van der Waals surface area contributed by atoms with Crippen LogP contribution in [0.3, 0.4) is 0 Å². The number of benzene rings is 2. The molecule has 0 unspecified atom stereocenters. The monoisotopic (exact) mass is 257 g/mol. The topological polar surface area (TPSA) is 52.9 Å². The molecular formula is C14H12FN3O. The lowest BCUT2D eigenvalue weighted by Gasteiger charge is -2.08. The van der Waals surface area contributed by atoms with E-state index in [9.17, 15) is 9.18 Å². The highest BCUT2D eigenvalue weighted by Gasteiger charge is 2.10. The molecule has 0 saturated heterocycles. The number of nitrogens with two attached hydrogens (primary N) is 1. The molecule has 0 fully saturated rings. The molecule has 0 aliphatic heterocycles. The van der Waals surface area contributed by atoms with Gasteiger partial charge in [-0.2, -0.15) is 4.79 Å². The van der Waals surface area contributed by atoms with Gasteiger partial charge >= 0.3 is 0 Å². The van der Waals surface area contributed by atoms with E-state index in [1.165, 1.54) is 12.1 Å². The van der Waals surface area contributed by atoms with Gasteiger partial charge in [0.2, 0.25) is 0 Å². The summed E-state index contributed by atoms with van der Waals surface area (Å²) in [6.07, 6.45) is 0. The van der Waals surface area contributed by atoms with Crippen molar-refractivity contribution in [2.45, 2.75) is 6.54 Å². The Morgan fingerprint density at radius 1 is 1.05 bits per heavy atom. The van der Waals surface area contributed by atoms with Gasteiger partial charge in [-0.25, -0.2) is 4.39 Å². The van der Waals surface area contributed by atoms with Crippen molar-refractivity contribution in [3.8, 4) is 0 Å². The molecule has 3 aromatic rings. The number of hydrogen-bond donors (Lipinski definition) is 1.